The molecule has 3 rings (SSSR count). The van der Waals surface area contributed by atoms with E-state index in [4.69, 9.17) is 4.74 Å². The Morgan fingerprint density at radius 3 is 2.38 bits per heavy atom. The van der Waals surface area contributed by atoms with Crippen LogP contribution < -0.4 is 15.0 Å². The van der Waals surface area contributed by atoms with Crippen molar-refractivity contribution in [2.45, 2.75) is 52.1 Å². The predicted molar refractivity (Wildman–Crippen MR) is 115 cm³/mol. The Morgan fingerprint density at radius 1 is 1.07 bits per heavy atom. The van der Waals surface area contributed by atoms with Crippen LogP contribution in [-0.2, 0) is 9.59 Å². The molecule has 5 heteroatoms. The predicted octanol–water partition coefficient (Wildman–Crippen LogP) is 4.75. The molecule has 1 atom stereocenters. The zero-order chi connectivity index (χ0) is 21.0. The third kappa shape index (κ3) is 4.86. The number of nitrogens with one attached hydrogen (secondary N) is 1. The SMILES string of the molecule is CCCC1=CC(=O)N([C@@H](C(=O)NC(C)(C)C)c2ccccc2)c2ccccc2O1. The molecule has 1 N–H and O–H groups in total. The van der Waals surface area contributed by atoms with E-state index in [0.29, 0.717) is 23.6 Å². The lowest BCUT2D eigenvalue weighted by atomic mass is 10.0. The normalized spacial score (nSPS) is 15.0. The topological polar surface area (TPSA) is 58.6 Å². The summed E-state index contributed by atoms with van der Waals surface area (Å²) in [5, 5.41) is 3.03. The van der Waals surface area contributed by atoms with E-state index in [1.54, 1.807) is 0 Å². The van der Waals surface area contributed by atoms with Crippen molar-refractivity contribution in [1.29, 1.82) is 0 Å². The number of nitrogens with zero attached hydrogens (tertiary/aromatic N) is 1. The Labute approximate surface area is 172 Å². The van der Waals surface area contributed by atoms with Crippen molar-refractivity contribution in [3.8, 4) is 5.75 Å². The fourth-order valence-corrected chi connectivity index (χ4v) is 3.37. The Morgan fingerprint density at radius 2 is 1.72 bits per heavy atom. The maximum absolute atomic E-state index is 13.4. The van der Waals surface area contributed by atoms with E-state index in [0.717, 1.165) is 12.0 Å². The molecule has 5 nitrogen and oxygen atoms in total. The van der Waals surface area contributed by atoms with Gasteiger partial charge >= 0.3 is 0 Å². The van der Waals surface area contributed by atoms with Crippen molar-refractivity contribution in [3.05, 3.63) is 72.0 Å². The lowest BCUT2D eigenvalue weighted by Gasteiger charge is -2.33. The van der Waals surface area contributed by atoms with E-state index < -0.39 is 11.6 Å². The molecule has 152 valence electrons. The van der Waals surface area contributed by atoms with E-state index in [1.165, 1.54) is 11.0 Å². The second-order valence-corrected chi connectivity index (χ2v) is 8.19. The average molecular weight is 392 g/mol. The summed E-state index contributed by atoms with van der Waals surface area (Å²) in [6.45, 7) is 7.81. The number of allylic oxidation sites excluding steroid dienone is 1. The summed E-state index contributed by atoms with van der Waals surface area (Å²) in [5.74, 6) is 0.675. The molecule has 2 aromatic rings. The van der Waals surface area contributed by atoms with Gasteiger partial charge in [-0.2, -0.15) is 0 Å². The smallest absolute Gasteiger partial charge is 0.255 e. The number of para-hydroxylation sites is 2. The molecule has 0 aromatic heterocycles. The monoisotopic (exact) mass is 392 g/mol. The molecular formula is C24H28N2O3. The third-order valence-electron chi connectivity index (χ3n) is 4.50. The van der Waals surface area contributed by atoms with Gasteiger partial charge in [-0.3, -0.25) is 14.5 Å². The van der Waals surface area contributed by atoms with E-state index >= 15 is 0 Å². The van der Waals surface area contributed by atoms with Crippen LogP contribution in [0.25, 0.3) is 0 Å². The van der Waals surface area contributed by atoms with E-state index in [2.05, 4.69) is 5.32 Å². The van der Waals surface area contributed by atoms with Crippen LogP contribution in [0.5, 0.6) is 5.75 Å². The van der Waals surface area contributed by atoms with E-state index in [9.17, 15) is 9.59 Å². The van der Waals surface area contributed by atoms with Crippen LogP contribution in [0.2, 0.25) is 0 Å². The molecule has 2 amide bonds. The molecule has 0 aliphatic carbocycles. The number of rotatable bonds is 5. The van der Waals surface area contributed by atoms with Crippen LogP contribution in [-0.4, -0.2) is 17.4 Å². The van der Waals surface area contributed by atoms with Gasteiger partial charge in [0, 0.05) is 18.0 Å². The number of carbonyl (C=O) groups excluding carboxylic acids is 2. The van der Waals surface area contributed by atoms with Crippen molar-refractivity contribution in [3.63, 3.8) is 0 Å². The molecule has 1 heterocycles. The number of amides is 2. The van der Waals surface area contributed by atoms with Crippen molar-refractivity contribution in [2.24, 2.45) is 0 Å². The number of benzene rings is 2. The first kappa shape index (κ1) is 20.6. The van der Waals surface area contributed by atoms with Gasteiger partial charge in [0.25, 0.3) is 5.91 Å². The highest BCUT2D eigenvalue weighted by molar-refractivity contribution is 6.08. The number of anilines is 1. The number of hydrogen-bond donors (Lipinski definition) is 1. The molecule has 0 fully saturated rings. The molecular weight excluding hydrogens is 364 g/mol. The summed E-state index contributed by atoms with van der Waals surface area (Å²) in [6.07, 6.45) is 3.01. The fraction of sp³-hybridized carbons (Fsp3) is 0.333. The van der Waals surface area contributed by atoms with Crippen molar-refractivity contribution >= 4 is 17.5 Å². The van der Waals surface area contributed by atoms with E-state index in [-0.39, 0.29) is 11.8 Å². The Bertz CT molecular complexity index is 913. The summed E-state index contributed by atoms with van der Waals surface area (Å²) in [5.41, 5.74) is 0.889. The van der Waals surface area contributed by atoms with Gasteiger partial charge in [-0.15, -0.1) is 0 Å². The van der Waals surface area contributed by atoms with Crippen LogP contribution in [0.1, 0.15) is 52.1 Å². The molecule has 0 spiro atoms. The third-order valence-corrected chi connectivity index (χ3v) is 4.50. The van der Waals surface area contributed by atoms with Gasteiger partial charge in [0.2, 0.25) is 5.91 Å². The molecule has 1 aliphatic rings. The van der Waals surface area contributed by atoms with Crippen LogP contribution in [0.15, 0.2) is 66.4 Å². The summed E-state index contributed by atoms with van der Waals surface area (Å²) in [4.78, 5) is 28.2. The van der Waals surface area contributed by atoms with Crippen molar-refractivity contribution < 1.29 is 14.3 Å². The van der Waals surface area contributed by atoms with Crippen LogP contribution in [0.3, 0.4) is 0 Å². The lowest BCUT2D eigenvalue weighted by molar-refractivity contribution is -0.126. The molecule has 0 saturated carbocycles. The molecule has 0 saturated heterocycles. The van der Waals surface area contributed by atoms with Gasteiger partial charge in [-0.1, -0.05) is 49.4 Å². The number of hydrogen-bond acceptors (Lipinski definition) is 3. The highest BCUT2D eigenvalue weighted by atomic mass is 16.5. The number of ether oxygens (including phenoxy) is 1. The van der Waals surface area contributed by atoms with Gasteiger partial charge in [0.15, 0.2) is 5.75 Å². The van der Waals surface area contributed by atoms with Crippen molar-refractivity contribution in [1.82, 2.24) is 5.32 Å². The van der Waals surface area contributed by atoms with Crippen molar-refractivity contribution in [2.75, 3.05) is 4.90 Å². The van der Waals surface area contributed by atoms with Gasteiger partial charge in [-0.25, -0.2) is 0 Å². The standard InChI is InChI=1S/C24H28N2O3/c1-5-11-18-16-21(27)26(19-14-9-10-15-20(19)29-18)22(17-12-7-6-8-13-17)23(28)25-24(2,3)4/h6-10,12-16,22H,5,11H2,1-4H3,(H,25,28)/t22-/m1/s1. The maximum Gasteiger partial charge on any atom is 0.255 e. The minimum absolute atomic E-state index is 0.237. The average Bonchev–Trinajstić information content (AvgIpc) is 2.78. The first-order valence-electron chi connectivity index (χ1n) is 9.98. The first-order valence-corrected chi connectivity index (χ1v) is 9.98. The maximum atomic E-state index is 13.4. The van der Waals surface area contributed by atoms with E-state index in [1.807, 2.05) is 82.3 Å². The summed E-state index contributed by atoms with van der Waals surface area (Å²) >= 11 is 0. The Balaban J connectivity index is 2.15. The van der Waals surface area contributed by atoms with Gasteiger partial charge in [-0.05, 0) is 44.9 Å². The minimum atomic E-state index is -0.815. The lowest BCUT2D eigenvalue weighted by Crippen LogP contribution is -2.49. The van der Waals surface area contributed by atoms with Crippen LogP contribution in [0.4, 0.5) is 5.69 Å². The minimum Gasteiger partial charge on any atom is -0.459 e. The molecule has 0 radical (unpaired) electrons. The fourth-order valence-electron chi connectivity index (χ4n) is 3.37. The molecule has 0 unspecified atom stereocenters. The quantitative estimate of drug-likeness (QED) is 0.799. The second kappa shape index (κ2) is 8.52. The largest absolute Gasteiger partial charge is 0.459 e. The summed E-state index contributed by atoms with van der Waals surface area (Å²) in [7, 11) is 0. The number of fused-ring (bicyclic) bond motifs is 1. The highest BCUT2D eigenvalue weighted by Gasteiger charge is 2.36. The Hall–Kier alpha value is -3.08. The van der Waals surface area contributed by atoms with Crippen LogP contribution >= 0.6 is 0 Å². The molecule has 1 aliphatic heterocycles. The summed E-state index contributed by atoms with van der Waals surface area (Å²) < 4.78 is 6.03. The molecule has 2 aromatic carbocycles. The summed E-state index contributed by atoms with van der Waals surface area (Å²) in [6, 6.07) is 15.9. The molecule has 0 bridgehead atoms. The van der Waals surface area contributed by atoms with Gasteiger partial charge < -0.3 is 10.1 Å². The van der Waals surface area contributed by atoms with Gasteiger partial charge in [0.05, 0.1) is 5.69 Å². The highest BCUT2D eigenvalue weighted by Crippen LogP contribution is 2.38. The zero-order valence-electron chi connectivity index (χ0n) is 17.4. The molecule has 29 heavy (non-hydrogen) atoms. The zero-order valence-corrected chi connectivity index (χ0v) is 17.4. The second-order valence-electron chi connectivity index (χ2n) is 8.19. The van der Waals surface area contributed by atoms with Gasteiger partial charge in [0.1, 0.15) is 11.8 Å². The first-order chi connectivity index (χ1) is 13.8. The van der Waals surface area contributed by atoms with Crippen LogP contribution in [0, 0.1) is 0 Å². The number of carbonyl (C=O) groups is 2. The Kier molecular flexibility index (Phi) is 6.06.